The van der Waals surface area contributed by atoms with Gasteiger partial charge >= 0.3 is 5.97 Å². The van der Waals surface area contributed by atoms with Crippen molar-refractivity contribution in [1.82, 2.24) is 14.4 Å². The van der Waals surface area contributed by atoms with Crippen LogP contribution in [0.25, 0.3) is 16.6 Å². The molecule has 146 valence electrons. The second kappa shape index (κ2) is 7.17. The first-order valence-electron chi connectivity index (χ1n) is 9.48. The Morgan fingerprint density at radius 1 is 1.14 bits per heavy atom. The zero-order chi connectivity index (χ0) is 19.8. The maximum Gasteiger partial charge on any atom is 0.315 e. The molecule has 5 rings (SSSR count). The zero-order valence-electron chi connectivity index (χ0n) is 15.6. The fourth-order valence-corrected chi connectivity index (χ4v) is 4.77. The summed E-state index contributed by atoms with van der Waals surface area (Å²) in [5, 5.41) is 11.8. The molecule has 1 aliphatic heterocycles. The number of ether oxygens (including phenoxy) is 1. The lowest BCUT2D eigenvalue weighted by Gasteiger charge is -2.32. The van der Waals surface area contributed by atoms with Crippen LogP contribution in [0.1, 0.15) is 18.5 Å². The molecule has 4 aromatic rings. The third-order valence-electron chi connectivity index (χ3n) is 5.53. The van der Waals surface area contributed by atoms with Crippen LogP contribution in [0.3, 0.4) is 0 Å². The van der Waals surface area contributed by atoms with Gasteiger partial charge in [0.15, 0.2) is 0 Å². The normalized spacial score (nSPS) is 16.3. The molecule has 29 heavy (non-hydrogen) atoms. The summed E-state index contributed by atoms with van der Waals surface area (Å²) in [6.07, 6.45) is 4.64. The van der Waals surface area contributed by atoms with Gasteiger partial charge in [-0.15, -0.1) is 0 Å². The Morgan fingerprint density at radius 2 is 2.00 bits per heavy atom. The molecular formula is C22H19N3O3S. The molecule has 6 nitrogen and oxygen atoms in total. The number of pyridine rings is 2. The Balaban J connectivity index is 1.48. The van der Waals surface area contributed by atoms with E-state index in [0.717, 1.165) is 26.5 Å². The molecule has 0 aliphatic carbocycles. The second-order valence-electron chi connectivity index (χ2n) is 7.17. The van der Waals surface area contributed by atoms with E-state index < -0.39 is 11.4 Å². The van der Waals surface area contributed by atoms with Gasteiger partial charge in [-0.1, -0.05) is 17.8 Å². The van der Waals surface area contributed by atoms with Crippen molar-refractivity contribution in [3.05, 3.63) is 66.6 Å². The number of benzene rings is 1. The van der Waals surface area contributed by atoms with Gasteiger partial charge in [0.1, 0.15) is 16.1 Å². The highest BCUT2D eigenvalue weighted by atomic mass is 32.2. The molecule has 3 aromatic heterocycles. The van der Waals surface area contributed by atoms with E-state index in [-0.39, 0.29) is 0 Å². The van der Waals surface area contributed by atoms with E-state index in [1.807, 2.05) is 30.5 Å². The quantitative estimate of drug-likeness (QED) is 0.549. The Morgan fingerprint density at radius 3 is 2.83 bits per heavy atom. The van der Waals surface area contributed by atoms with Gasteiger partial charge in [0.05, 0.1) is 11.2 Å². The van der Waals surface area contributed by atoms with Crippen molar-refractivity contribution in [2.45, 2.75) is 28.2 Å². The summed E-state index contributed by atoms with van der Waals surface area (Å²) in [6, 6.07) is 15.9. The third kappa shape index (κ3) is 3.16. The Kier molecular flexibility index (Phi) is 4.49. The van der Waals surface area contributed by atoms with Gasteiger partial charge in [0.2, 0.25) is 0 Å². The fourth-order valence-electron chi connectivity index (χ4n) is 3.91. The predicted molar refractivity (Wildman–Crippen MR) is 110 cm³/mol. The smallest absolute Gasteiger partial charge is 0.315 e. The molecule has 0 radical (unpaired) electrons. The van der Waals surface area contributed by atoms with E-state index in [1.54, 1.807) is 6.20 Å². The van der Waals surface area contributed by atoms with Gasteiger partial charge in [-0.25, -0.2) is 9.97 Å². The lowest BCUT2D eigenvalue weighted by atomic mass is 9.77. The predicted octanol–water partition coefficient (Wildman–Crippen LogP) is 4.17. The molecule has 0 unspecified atom stereocenters. The molecule has 4 heterocycles. The largest absolute Gasteiger partial charge is 0.481 e. The number of rotatable bonds is 4. The molecule has 1 N–H and O–H groups in total. The summed E-state index contributed by atoms with van der Waals surface area (Å²) in [5.41, 5.74) is 1.66. The molecule has 0 amide bonds. The average molecular weight is 405 g/mol. The van der Waals surface area contributed by atoms with Gasteiger partial charge in [0.25, 0.3) is 0 Å². The van der Waals surface area contributed by atoms with Crippen LogP contribution in [0.5, 0.6) is 0 Å². The standard InChI is InChI=1S/C22H19N3O3S/c26-21(27)22(8-12-28-13-9-22)18-2-1-3-20(24-18)29-16-5-6-17-15(14-16)4-7-19-23-10-11-25(17)19/h1-7,10-11,14H,8-9,12-13H2,(H,26,27). The summed E-state index contributed by atoms with van der Waals surface area (Å²) in [5.74, 6) is -0.828. The van der Waals surface area contributed by atoms with Crippen LogP contribution in [0.2, 0.25) is 0 Å². The van der Waals surface area contributed by atoms with E-state index in [9.17, 15) is 9.90 Å². The van der Waals surface area contributed by atoms with Crippen molar-refractivity contribution >= 4 is 34.3 Å². The molecule has 1 aliphatic rings. The summed E-state index contributed by atoms with van der Waals surface area (Å²) >= 11 is 1.54. The Hall–Kier alpha value is -2.90. The van der Waals surface area contributed by atoms with Crippen molar-refractivity contribution in [2.75, 3.05) is 13.2 Å². The fraction of sp³-hybridized carbons (Fsp3) is 0.227. The van der Waals surface area contributed by atoms with Crippen molar-refractivity contribution in [3.63, 3.8) is 0 Å². The minimum absolute atomic E-state index is 0.443. The molecule has 1 saturated heterocycles. The minimum Gasteiger partial charge on any atom is -0.481 e. The molecule has 1 fully saturated rings. The zero-order valence-corrected chi connectivity index (χ0v) is 16.4. The van der Waals surface area contributed by atoms with E-state index in [1.165, 1.54) is 11.8 Å². The van der Waals surface area contributed by atoms with Gasteiger partial charge in [-0.2, -0.15) is 0 Å². The van der Waals surface area contributed by atoms with Crippen LogP contribution in [-0.2, 0) is 14.9 Å². The van der Waals surface area contributed by atoms with Gasteiger partial charge < -0.3 is 9.84 Å². The van der Waals surface area contributed by atoms with Gasteiger partial charge in [0, 0.05) is 30.5 Å². The highest BCUT2D eigenvalue weighted by molar-refractivity contribution is 7.99. The van der Waals surface area contributed by atoms with Crippen LogP contribution in [0.15, 0.2) is 70.8 Å². The molecule has 1 aromatic carbocycles. The summed E-state index contributed by atoms with van der Waals surface area (Å²) in [4.78, 5) is 22.2. The second-order valence-corrected chi connectivity index (χ2v) is 8.27. The molecule has 7 heteroatoms. The lowest BCUT2D eigenvalue weighted by Crippen LogP contribution is -2.42. The molecule has 0 spiro atoms. The number of aliphatic carboxylic acids is 1. The topological polar surface area (TPSA) is 76.7 Å². The summed E-state index contributed by atoms with van der Waals surface area (Å²) < 4.78 is 7.45. The van der Waals surface area contributed by atoms with Crippen molar-refractivity contribution in [1.29, 1.82) is 0 Å². The number of carbonyl (C=O) groups is 1. The number of carboxylic acids is 1. The van der Waals surface area contributed by atoms with Crippen molar-refractivity contribution < 1.29 is 14.6 Å². The van der Waals surface area contributed by atoms with Crippen LogP contribution in [0, 0.1) is 0 Å². The first-order valence-corrected chi connectivity index (χ1v) is 10.3. The molecule has 0 atom stereocenters. The molecule has 0 saturated carbocycles. The molecule has 0 bridgehead atoms. The lowest BCUT2D eigenvalue weighted by molar-refractivity contribution is -0.148. The molecular weight excluding hydrogens is 386 g/mol. The highest BCUT2D eigenvalue weighted by Gasteiger charge is 2.43. The summed E-state index contributed by atoms with van der Waals surface area (Å²) in [6.45, 7) is 0.886. The number of fused-ring (bicyclic) bond motifs is 3. The van der Waals surface area contributed by atoms with E-state index in [4.69, 9.17) is 9.72 Å². The van der Waals surface area contributed by atoms with E-state index >= 15 is 0 Å². The Labute approximate surface area is 171 Å². The minimum atomic E-state index is -0.967. The maximum absolute atomic E-state index is 12.1. The number of hydrogen-bond donors (Lipinski definition) is 1. The highest BCUT2D eigenvalue weighted by Crippen LogP contribution is 2.36. The van der Waals surface area contributed by atoms with Crippen LogP contribution in [-0.4, -0.2) is 38.7 Å². The van der Waals surface area contributed by atoms with Crippen LogP contribution in [0.4, 0.5) is 0 Å². The van der Waals surface area contributed by atoms with E-state index in [2.05, 4.69) is 33.7 Å². The number of carboxylic acid groups (broad SMARTS) is 1. The number of nitrogens with zero attached hydrogens (tertiary/aromatic N) is 3. The van der Waals surface area contributed by atoms with E-state index in [0.29, 0.717) is 31.7 Å². The first-order chi connectivity index (χ1) is 14.2. The Bertz CT molecular complexity index is 1210. The van der Waals surface area contributed by atoms with Crippen LogP contribution >= 0.6 is 11.8 Å². The van der Waals surface area contributed by atoms with Crippen LogP contribution < -0.4 is 0 Å². The third-order valence-corrected chi connectivity index (χ3v) is 6.46. The number of hydrogen-bond acceptors (Lipinski definition) is 5. The SMILES string of the molecule is O=C(O)C1(c2cccc(Sc3ccc4c(ccc5nccn54)c3)n2)CCOCC1. The monoisotopic (exact) mass is 405 g/mol. The van der Waals surface area contributed by atoms with Gasteiger partial charge in [-0.3, -0.25) is 9.20 Å². The van der Waals surface area contributed by atoms with Crippen molar-refractivity contribution in [3.8, 4) is 0 Å². The number of aromatic nitrogens is 3. The van der Waals surface area contributed by atoms with Gasteiger partial charge in [-0.05, 0) is 60.7 Å². The average Bonchev–Trinajstić information content (AvgIpc) is 3.23. The summed E-state index contributed by atoms with van der Waals surface area (Å²) in [7, 11) is 0. The maximum atomic E-state index is 12.1. The number of imidazole rings is 1. The van der Waals surface area contributed by atoms with Crippen molar-refractivity contribution in [2.24, 2.45) is 0 Å². The first kappa shape index (κ1) is 18.1.